The van der Waals surface area contributed by atoms with E-state index >= 15 is 0 Å². The van der Waals surface area contributed by atoms with Gasteiger partial charge in [-0.2, -0.15) is 0 Å². The lowest BCUT2D eigenvalue weighted by Crippen LogP contribution is -1.82. The molecule has 0 amide bonds. The first-order valence-electron chi connectivity index (χ1n) is 10.1. The zero-order chi connectivity index (χ0) is 22.7. The van der Waals surface area contributed by atoms with E-state index in [1.165, 1.54) is 6.42 Å². The molecule has 4 aromatic rings. The lowest BCUT2D eigenvalue weighted by molar-refractivity contribution is 0.452. The molecule has 0 radical (unpaired) electrons. The quantitative estimate of drug-likeness (QED) is 0.359. The van der Waals surface area contributed by atoms with Crippen LogP contribution in [0.1, 0.15) is 61.8 Å². The summed E-state index contributed by atoms with van der Waals surface area (Å²) in [7, 11) is 0. The standard InChI is InChI=1S/2C6H5N3O.C3H8.3C2H6/c2*7-5-4-2-1-3-8-6(4)10-9-5;1-3-2;3*1-2/h2*1-3H,(H2,7,9);3H2,1-2H3;3*1-2H3. The number of nitrogen functional groups attached to an aromatic ring is 2. The molecule has 0 fully saturated rings. The fourth-order valence-corrected chi connectivity index (χ4v) is 1.60. The van der Waals surface area contributed by atoms with Crippen molar-refractivity contribution in [3.05, 3.63) is 36.7 Å². The Morgan fingerprint density at radius 3 is 1.28 bits per heavy atom. The van der Waals surface area contributed by atoms with Gasteiger partial charge in [0.25, 0.3) is 11.4 Å². The smallest absolute Gasteiger partial charge is 0.259 e. The zero-order valence-electron chi connectivity index (χ0n) is 18.9. The van der Waals surface area contributed by atoms with Crippen molar-refractivity contribution in [1.82, 2.24) is 20.3 Å². The Hall–Kier alpha value is -3.16. The molecule has 0 atom stereocenters. The number of nitrogens with zero attached hydrogens (tertiary/aromatic N) is 4. The Balaban J connectivity index is 0. The van der Waals surface area contributed by atoms with Gasteiger partial charge in [-0.15, -0.1) is 0 Å². The molecule has 4 N–H and O–H groups in total. The molecule has 0 saturated carbocycles. The van der Waals surface area contributed by atoms with Gasteiger partial charge in [-0.1, -0.05) is 72.1 Å². The first-order valence-corrected chi connectivity index (χ1v) is 10.1. The van der Waals surface area contributed by atoms with Gasteiger partial charge in [-0.25, -0.2) is 9.97 Å². The van der Waals surface area contributed by atoms with E-state index in [1.54, 1.807) is 24.5 Å². The van der Waals surface area contributed by atoms with Crippen LogP contribution in [-0.2, 0) is 0 Å². The molecule has 0 bridgehead atoms. The number of anilines is 2. The Labute approximate surface area is 173 Å². The summed E-state index contributed by atoms with van der Waals surface area (Å²) in [4.78, 5) is 7.79. The number of rotatable bonds is 0. The Morgan fingerprint density at radius 1 is 0.690 bits per heavy atom. The molecule has 0 unspecified atom stereocenters. The summed E-state index contributed by atoms with van der Waals surface area (Å²) >= 11 is 0. The second-order valence-corrected chi connectivity index (χ2v) is 4.55. The summed E-state index contributed by atoms with van der Waals surface area (Å²) in [6.07, 6.45) is 4.51. The highest BCUT2D eigenvalue weighted by atomic mass is 16.5. The predicted molar refractivity (Wildman–Crippen MR) is 122 cm³/mol. The van der Waals surface area contributed by atoms with Crippen LogP contribution in [0.25, 0.3) is 22.2 Å². The van der Waals surface area contributed by atoms with Gasteiger partial charge in [-0.05, 0) is 24.3 Å². The molecule has 0 aromatic carbocycles. The molecule has 0 saturated heterocycles. The van der Waals surface area contributed by atoms with E-state index < -0.39 is 0 Å². The van der Waals surface area contributed by atoms with Gasteiger partial charge in [0.15, 0.2) is 11.6 Å². The molecule has 8 nitrogen and oxygen atoms in total. The Kier molecular flexibility index (Phi) is 17.6. The zero-order valence-corrected chi connectivity index (χ0v) is 18.9. The fraction of sp³-hybridized carbons (Fsp3) is 0.429. The second kappa shape index (κ2) is 18.2. The molecule has 29 heavy (non-hydrogen) atoms. The van der Waals surface area contributed by atoms with Crippen molar-refractivity contribution in [2.75, 3.05) is 11.5 Å². The largest absolute Gasteiger partial charge is 0.380 e. The first kappa shape index (κ1) is 28.1. The molecule has 162 valence electrons. The van der Waals surface area contributed by atoms with Crippen molar-refractivity contribution >= 4 is 33.8 Å². The third-order valence-corrected chi connectivity index (χ3v) is 2.56. The van der Waals surface area contributed by atoms with Crippen LogP contribution in [0.15, 0.2) is 45.7 Å². The van der Waals surface area contributed by atoms with Crippen molar-refractivity contribution < 1.29 is 9.05 Å². The van der Waals surface area contributed by atoms with Crippen molar-refractivity contribution in [3.63, 3.8) is 0 Å². The van der Waals surface area contributed by atoms with Crippen LogP contribution in [0, 0.1) is 0 Å². The minimum absolute atomic E-state index is 0.392. The van der Waals surface area contributed by atoms with Crippen molar-refractivity contribution in [3.8, 4) is 0 Å². The highest BCUT2D eigenvalue weighted by molar-refractivity contribution is 5.84. The van der Waals surface area contributed by atoms with E-state index in [0.29, 0.717) is 23.1 Å². The second-order valence-electron chi connectivity index (χ2n) is 4.55. The van der Waals surface area contributed by atoms with Crippen LogP contribution in [0.2, 0.25) is 0 Å². The summed E-state index contributed by atoms with van der Waals surface area (Å²) < 4.78 is 9.53. The molecule has 4 heterocycles. The van der Waals surface area contributed by atoms with Crippen LogP contribution in [0.3, 0.4) is 0 Å². The summed E-state index contributed by atoms with van der Waals surface area (Å²) in [6.45, 7) is 16.2. The van der Waals surface area contributed by atoms with Crippen LogP contribution in [-0.4, -0.2) is 20.3 Å². The average molecular weight is 405 g/mol. The highest BCUT2D eigenvalue weighted by Crippen LogP contribution is 2.16. The maximum absolute atomic E-state index is 5.43. The van der Waals surface area contributed by atoms with Crippen molar-refractivity contribution in [2.45, 2.75) is 61.8 Å². The van der Waals surface area contributed by atoms with Crippen LogP contribution in [0.5, 0.6) is 0 Å². The predicted octanol–water partition coefficient (Wildman–Crippen LogP) is 6.10. The number of nitrogens with two attached hydrogens (primary N) is 2. The van der Waals surface area contributed by atoms with E-state index in [-0.39, 0.29) is 0 Å². The van der Waals surface area contributed by atoms with Gasteiger partial charge >= 0.3 is 0 Å². The minimum Gasteiger partial charge on any atom is -0.380 e. The third kappa shape index (κ3) is 9.55. The van der Waals surface area contributed by atoms with E-state index in [1.807, 2.05) is 53.7 Å². The summed E-state index contributed by atoms with van der Waals surface area (Å²) in [5.41, 5.74) is 11.8. The van der Waals surface area contributed by atoms with Gasteiger partial charge in [-0.3, -0.25) is 0 Å². The molecule has 0 aliphatic rings. The summed E-state index contributed by atoms with van der Waals surface area (Å²) in [5, 5.41) is 8.60. The Bertz CT molecular complexity index is 802. The molecule has 0 aliphatic heterocycles. The number of hydrogen-bond donors (Lipinski definition) is 2. The molecule has 8 heteroatoms. The normalized spacial score (nSPS) is 8.41. The van der Waals surface area contributed by atoms with Crippen molar-refractivity contribution in [2.24, 2.45) is 0 Å². The number of pyridine rings is 2. The summed E-state index contributed by atoms with van der Waals surface area (Å²) in [6, 6.07) is 7.20. The minimum atomic E-state index is 0.392. The molecule has 4 rings (SSSR count). The lowest BCUT2D eigenvalue weighted by atomic mass is 10.3. The van der Waals surface area contributed by atoms with Crippen LogP contribution < -0.4 is 11.5 Å². The number of fused-ring (bicyclic) bond motifs is 2. The fourth-order valence-electron chi connectivity index (χ4n) is 1.60. The van der Waals surface area contributed by atoms with E-state index in [9.17, 15) is 0 Å². The van der Waals surface area contributed by atoms with E-state index in [4.69, 9.17) is 20.5 Å². The maximum Gasteiger partial charge on any atom is 0.259 e. The maximum atomic E-state index is 5.43. The van der Waals surface area contributed by atoms with Gasteiger partial charge in [0.05, 0.1) is 10.8 Å². The molecular weight excluding hydrogens is 368 g/mol. The van der Waals surface area contributed by atoms with Gasteiger partial charge in [0, 0.05) is 12.4 Å². The molecular formula is C21H36N6O2. The van der Waals surface area contributed by atoms with E-state index in [2.05, 4.69) is 34.1 Å². The SMILES string of the molecule is CC.CC.CC.CCC.Nc1noc2ncccc12.Nc1noc2ncccc12. The van der Waals surface area contributed by atoms with Crippen LogP contribution in [0.4, 0.5) is 11.6 Å². The van der Waals surface area contributed by atoms with Crippen molar-refractivity contribution in [1.29, 1.82) is 0 Å². The number of hydrogen-bond acceptors (Lipinski definition) is 8. The van der Waals surface area contributed by atoms with Crippen LogP contribution >= 0.6 is 0 Å². The van der Waals surface area contributed by atoms with E-state index in [0.717, 1.165) is 10.8 Å². The molecule has 0 spiro atoms. The topological polar surface area (TPSA) is 130 Å². The Morgan fingerprint density at radius 2 is 1.00 bits per heavy atom. The third-order valence-electron chi connectivity index (χ3n) is 2.56. The monoisotopic (exact) mass is 404 g/mol. The highest BCUT2D eigenvalue weighted by Gasteiger charge is 2.02. The van der Waals surface area contributed by atoms with Gasteiger partial charge in [0.2, 0.25) is 0 Å². The molecule has 4 aromatic heterocycles. The summed E-state index contributed by atoms with van der Waals surface area (Å²) in [5.74, 6) is 0.784. The number of aromatic nitrogens is 4. The first-order chi connectivity index (χ1) is 14.2. The molecule has 0 aliphatic carbocycles. The lowest BCUT2D eigenvalue weighted by Gasteiger charge is -1.81. The van der Waals surface area contributed by atoms with Gasteiger partial charge in [0.1, 0.15) is 0 Å². The van der Waals surface area contributed by atoms with Gasteiger partial charge < -0.3 is 20.5 Å². The average Bonchev–Trinajstić information content (AvgIpc) is 3.37.